The van der Waals surface area contributed by atoms with Crippen LogP contribution in [0.1, 0.15) is 24.8 Å². The first-order chi connectivity index (χ1) is 10.1. The molecule has 0 aromatic heterocycles. The van der Waals surface area contributed by atoms with Gasteiger partial charge in [-0.3, -0.25) is 15.0 Å². The zero-order valence-corrected chi connectivity index (χ0v) is 12.9. The molecule has 0 aliphatic carbocycles. The molecule has 6 heteroatoms. The number of halogens is 1. The van der Waals surface area contributed by atoms with Crippen LogP contribution in [-0.2, 0) is 5.88 Å². The van der Waals surface area contributed by atoms with Gasteiger partial charge in [-0.05, 0) is 38.4 Å². The van der Waals surface area contributed by atoms with Gasteiger partial charge in [0.15, 0.2) is 0 Å². The Morgan fingerprint density at radius 1 is 1.33 bits per heavy atom. The van der Waals surface area contributed by atoms with Crippen molar-refractivity contribution in [3.8, 4) is 0 Å². The molecule has 2 fully saturated rings. The smallest absolute Gasteiger partial charge is 0.273 e. The molecule has 0 radical (unpaired) electrons. The molecule has 21 heavy (non-hydrogen) atoms. The van der Waals surface area contributed by atoms with Crippen molar-refractivity contribution < 1.29 is 4.92 Å². The second-order valence-corrected chi connectivity index (χ2v) is 6.26. The van der Waals surface area contributed by atoms with Crippen LogP contribution in [0.5, 0.6) is 0 Å². The van der Waals surface area contributed by atoms with E-state index in [0.717, 1.165) is 25.2 Å². The Balaban J connectivity index is 1.85. The fourth-order valence-corrected chi connectivity index (χ4v) is 3.81. The second-order valence-electron chi connectivity index (χ2n) is 5.99. The van der Waals surface area contributed by atoms with E-state index in [1.807, 2.05) is 12.1 Å². The highest BCUT2D eigenvalue weighted by Gasteiger charge is 2.34. The third-order valence-corrected chi connectivity index (χ3v) is 5.21. The van der Waals surface area contributed by atoms with Gasteiger partial charge in [-0.15, -0.1) is 11.6 Å². The Bertz CT molecular complexity index is 552. The number of hydrogen-bond acceptors (Lipinski definition) is 4. The summed E-state index contributed by atoms with van der Waals surface area (Å²) in [5, 5.41) is 11.0. The van der Waals surface area contributed by atoms with Crippen molar-refractivity contribution in [1.82, 2.24) is 4.90 Å². The van der Waals surface area contributed by atoms with Gasteiger partial charge < -0.3 is 4.90 Å². The van der Waals surface area contributed by atoms with E-state index in [2.05, 4.69) is 16.8 Å². The van der Waals surface area contributed by atoms with Gasteiger partial charge in [0, 0.05) is 42.5 Å². The second kappa shape index (κ2) is 5.81. The van der Waals surface area contributed by atoms with E-state index in [1.54, 1.807) is 6.07 Å². The van der Waals surface area contributed by atoms with Crippen LogP contribution in [-0.4, -0.2) is 42.0 Å². The standard InChI is InChI=1S/C15H20ClN3O2/c1-17-12-2-3-14(17)10-18(7-6-12)13-4-5-15(19(20)21)11(8-13)9-16/h4-5,8,12,14H,2-3,6-7,9-10H2,1H3. The molecule has 2 aliphatic rings. The van der Waals surface area contributed by atoms with Gasteiger partial charge in [0.05, 0.1) is 10.8 Å². The first-order valence-corrected chi connectivity index (χ1v) is 7.93. The molecule has 2 heterocycles. The van der Waals surface area contributed by atoms with E-state index in [1.165, 1.54) is 12.8 Å². The highest BCUT2D eigenvalue weighted by atomic mass is 35.5. The maximum absolute atomic E-state index is 11.0. The molecule has 2 aliphatic heterocycles. The Labute approximate surface area is 129 Å². The normalized spacial score (nSPS) is 25.9. The molecule has 2 bridgehead atoms. The van der Waals surface area contributed by atoms with E-state index in [-0.39, 0.29) is 16.5 Å². The fourth-order valence-electron chi connectivity index (χ4n) is 3.60. The number of hydrogen-bond donors (Lipinski definition) is 0. The van der Waals surface area contributed by atoms with E-state index >= 15 is 0 Å². The quantitative estimate of drug-likeness (QED) is 0.489. The van der Waals surface area contributed by atoms with Crippen LogP contribution in [0.3, 0.4) is 0 Å². The molecular formula is C15H20ClN3O2. The van der Waals surface area contributed by atoms with E-state index in [0.29, 0.717) is 17.6 Å². The van der Waals surface area contributed by atoms with E-state index < -0.39 is 0 Å². The monoisotopic (exact) mass is 309 g/mol. The summed E-state index contributed by atoms with van der Waals surface area (Å²) in [5.74, 6) is 0.171. The molecule has 0 saturated carbocycles. The number of fused-ring (bicyclic) bond motifs is 2. The first kappa shape index (κ1) is 14.6. The van der Waals surface area contributed by atoms with Gasteiger partial charge in [0.1, 0.15) is 0 Å². The largest absolute Gasteiger partial charge is 0.370 e. The average Bonchev–Trinajstić information content (AvgIpc) is 2.71. The number of likely N-dealkylation sites (N-methyl/N-ethyl adjacent to an activating group) is 1. The summed E-state index contributed by atoms with van der Waals surface area (Å²) < 4.78 is 0. The summed E-state index contributed by atoms with van der Waals surface area (Å²) in [6.45, 7) is 2.00. The summed E-state index contributed by atoms with van der Waals surface area (Å²) in [4.78, 5) is 15.5. The third-order valence-electron chi connectivity index (χ3n) is 4.92. The van der Waals surface area contributed by atoms with Crippen LogP contribution in [0, 0.1) is 10.1 Å². The number of anilines is 1. The maximum atomic E-state index is 11.0. The third kappa shape index (κ3) is 2.72. The number of nitrogens with zero attached hydrogens (tertiary/aromatic N) is 3. The molecule has 114 valence electrons. The fraction of sp³-hybridized carbons (Fsp3) is 0.600. The Hall–Kier alpha value is -1.33. The van der Waals surface area contributed by atoms with Crippen LogP contribution in [0.4, 0.5) is 11.4 Å². The number of alkyl halides is 1. The Morgan fingerprint density at radius 3 is 2.81 bits per heavy atom. The van der Waals surface area contributed by atoms with Gasteiger partial charge >= 0.3 is 0 Å². The zero-order valence-electron chi connectivity index (χ0n) is 12.2. The molecule has 0 spiro atoms. The van der Waals surface area contributed by atoms with Gasteiger partial charge in [-0.25, -0.2) is 0 Å². The molecule has 3 rings (SSSR count). The molecular weight excluding hydrogens is 290 g/mol. The summed E-state index contributed by atoms with van der Waals surface area (Å²) in [7, 11) is 2.21. The van der Waals surface area contributed by atoms with Crippen LogP contribution in [0.15, 0.2) is 18.2 Å². The van der Waals surface area contributed by atoms with Crippen molar-refractivity contribution >= 4 is 23.0 Å². The van der Waals surface area contributed by atoms with Crippen LogP contribution >= 0.6 is 11.6 Å². The van der Waals surface area contributed by atoms with Crippen molar-refractivity contribution in [3.63, 3.8) is 0 Å². The molecule has 2 atom stereocenters. The SMILES string of the molecule is CN1C2CCC1CN(c1ccc([N+](=O)[O-])c(CCl)c1)CC2. The minimum Gasteiger partial charge on any atom is -0.370 e. The number of nitro groups is 1. The summed E-state index contributed by atoms with van der Waals surface area (Å²) in [6.07, 6.45) is 3.69. The Kier molecular flexibility index (Phi) is 4.04. The lowest BCUT2D eigenvalue weighted by atomic mass is 10.1. The number of nitro benzene ring substituents is 1. The molecule has 0 N–H and O–H groups in total. The molecule has 1 aromatic rings. The Morgan fingerprint density at radius 2 is 2.10 bits per heavy atom. The lowest BCUT2D eigenvalue weighted by Crippen LogP contribution is -2.36. The minimum absolute atomic E-state index is 0.113. The lowest BCUT2D eigenvalue weighted by molar-refractivity contribution is -0.385. The zero-order chi connectivity index (χ0) is 15.0. The molecule has 5 nitrogen and oxygen atoms in total. The summed E-state index contributed by atoms with van der Waals surface area (Å²) in [6, 6.07) is 6.59. The van der Waals surface area contributed by atoms with Gasteiger partial charge in [-0.1, -0.05) is 0 Å². The number of rotatable bonds is 3. The van der Waals surface area contributed by atoms with Gasteiger partial charge in [0.25, 0.3) is 5.69 Å². The highest BCUT2D eigenvalue weighted by molar-refractivity contribution is 6.17. The molecule has 0 amide bonds. The average molecular weight is 310 g/mol. The highest BCUT2D eigenvalue weighted by Crippen LogP contribution is 2.32. The van der Waals surface area contributed by atoms with E-state index in [4.69, 9.17) is 11.6 Å². The van der Waals surface area contributed by atoms with Gasteiger partial charge in [0.2, 0.25) is 0 Å². The van der Waals surface area contributed by atoms with Crippen molar-refractivity contribution in [2.45, 2.75) is 37.2 Å². The van der Waals surface area contributed by atoms with Gasteiger partial charge in [-0.2, -0.15) is 0 Å². The predicted molar refractivity (Wildman–Crippen MR) is 84.1 cm³/mol. The van der Waals surface area contributed by atoms with Crippen LogP contribution < -0.4 is 4.90 Å². The van der Waals surface area contributed by atoms with E-state index in [9.17, 15) is 10.1 Å². The van der Waals surface area contributed by atoms with Crippen LogP contribution in [0.2, 0.25) is 0 Å². The van der Waals surface area contributed by atoms with Crippen molar-refractivity contribution in [1.29, 1.82) is 0 Å². The molecule has 2 unspecified atom stereocenters. The topological polar surface area (TPSA) is 49.6 Å². The molecule has 1 aromatic carbocycles. The lowest BCUT2D eigenvalue weighted by Gasteiger charge is -2.27. The number of benzene rings is 1. The summed E-state index contributed by atoms with van der Waals surface area (Å²) >= 11 is 5.87. The molecule has 2 saturated heterocycles. The first-order valence-electron chi connectivity index (χ1n) is 7.40. The minimum atomic E-state index is -0.361. The van der Waals surface area contributed by atoms with Crippen LogP contribution in [0.25, 0.3) is 0 Å². The van der Waals surface area contributed by atoms with Crippen molar-refractivity contribution in [3.05, 3.63) is 33.9 Å². The maximum Gasteiger partial charge on any atom is 0.273 e. The predicted octanol–water partition coefficient (Wildman–Crippen LogP) is 3.01. The van der Waals surface area contributed by atoms with Crippen molar-refractivity contribution in [2.75, 3.05) is 25.0 Å². The summed E-state index contributed by atoms with van der Waals surface area (Å²) in [5.41, 5.74) is 1.77. The van der Waals surface area contributed by atoms with Crippen molar-refractivity contribution in [2.24, 2.45) is 0 Å².